The Hall–Kier alpha value is -2.30. The molecular weight excluding hydrogens is 234 g/mol. The molecule has 5 nitrogen and oxygen atoms in total. The van der Waals surface area contributed by atoms with Crippen molar-refractivity contribution in [2.45, 2.75) is 0 Å². The molecule has 0 unspecified atom stereocenters. The molecule has 0 spiro atoms. The summed E-state index contributed by atoms with van der Waals surface area (Å²) in [5.41, 5.74) is 0.421. The predicted octanol–water partition coefficient (Wildman–Crippen LogP) is 1.41. The van der Waals surface area contributed by atoms with Gasteiger partial charge in [-0.3, -0.25) is 9.59 Å². The van der Waals surface area contributed by atoms with Crippen LogP contribution in [0.4, 0.5) is 0 Å². The number of aliphatic carboxylic acids is 1. The lowest BCUT2D eigenvalue weighted by Gasteiger charge is -2.14. The number of nitrogens with zero attached hydrogens (tertiary/aromatic N) is 1. The summed E-state index contributed by atoms with van der Waals surface area (Å²) in [6.45, 7) is 3.60. The molecule has 1 rings (SSSR count). The number of carboxylic acid groups (broad SMARTS) is 1. The van der Waals surface area contributed by atoms with Crippen molar-refractivity contribution in [2.24, 2.45) is 0 Å². The second-order valence-corrected chi connectivity index (χ2v) is 3.68. The highest BCUT2D eigenvalue weighted by Gasteiger charge is 2.13. The maximum Gasteiger partial charge on any atom is 0.323 e. The summed E-state index contributed by atoms with van der Waals surface area (Å²) in [5.74, 6) is -0.753. The number of carbonyl (C=O) groups is 2. The molecule has 0 aliphatic heterocycles. The normalized spacial score (nSPS) is 9.61. The summed E-state index contributed by atoms with van der Waals surface area (Å²) in [4.78, 5) is 23.4. The van der Waals surface area contributed by atoms with E-state index in [1.54, 1.807) is 30.3 Å². The van der Waals surface area contributed by atoms with Crippen molar-refractivity contribution in [1.29, 1.82) is 0 Å². The molecule has 0 saturated carbocycles. The summed E-state index contributed by atoms with van der Waals surface area (Å²) in [5, 5.41) is 8.60. The number of hydrogen-bond donors (Lipinski definition) is 1. The van der Waals surface area contributed by atoms with Gasteiger partial charge in [-0.2, -0.15) is 0 Å². The first kappa shape index (κ1) is 13.8. The van der Waals surface area contributed by atoms with Crippen LogP contribution in [-0.4, -0.2) is 42.1 Å². The van der Waals surface area contributed by atoms with Gasteiger partial charge in [0.05, 0.1) is 0 Å². The minimum Gasteiger partial charge on any atom is -0.490 e. The van der Waals surface area contributed by atoms with Crippen molar-refractivity contribution in [3.63, 3.8) is 0 Å². The van der Waals surface area contributed by atoms with Crippen LogP contribution in [0, 0.1) is 0 Å². The molecule has 0 atom stereocenters. The average molecular weight is 249 g/mol. The van der Waals surface area contributed by atoms with E-state index in [2.05, 4.69) is 6.58 Å². The lowest BCUT2D eigenvalue weighted by atomic mass is 10.2. The zero-order valence-electron chi connectivity index (χ0n) is 10.1. The number of amides is 1. The van der Waals surface area contributed by atoms with E-state index in [-0.39, 0.29) is 12.5 Å². The van der Waals surface area contributed by atoms with Crippen molar-refractivity contribution >= 4 is 11.9 Å². The molecule has 0 fully saturated rings. The highest BCUT2D eigenvalue weighted by molar-refractivity contribution is 5.95. The third-order valence-corrected chi connectivity index (χ3v) is 2.19. The number of carbonyl (C=O) groups excluding carboxylic acids is 1. The second-order valence-electron chi connectivity index (χ2n) is 3.68. The Bertz CT molecular complexity index is 439. The van der Waals surface area contributed by atoms with E-state index in [1.165, 1.54) is 7.05 Å². The van der Waals surface area contributed by atoms with E-state index in [1.807, 2.05) is 0 Å². The fraction of sp³-hybridized carbons (Fsp3) is 0.231. The Morgan fingerprint density at radius 2 is 2.00 bits per heavy atom. The summed E-state index contributed by atoms with van der Waals surface area (Å²) in [7, 11) is 1.44. The molecule has 0 radical (unpaired) electrons. The van der Waals surface area contributed by atoms with Gasteiger partial charge in [0, 0.05) is 12.6 Å². The van der Waals surface area contributed by atoms with Crippen LogP contribution in [0.25, 0.3) is 0 Å². The molecule has 0 bridgehead atoms. The number of rotatable bonds is 6. The average Bonchev–Trinajstić information content (AvgIpc) is 2.35. The van der Waals surface area contributed by atoms with E-state index in [4.69, 9.17) is 9.84 Å². The molecule has 0 aromatic heterocycles. The van der Waals surface area contributed by atoms with Crippen molar-refractivity contribution in [3.8, 4) is 5.75 Å². The number of likely N-dealkylation sites (N-methyl/N-ethyl adjacent to an activating group) is 1. The Morgan fingerprint density at radius 1 is 1.39 bits per heavy atom. The van der Waals surface area contributed by atoms with Crippen molar-refractivity contribution in [3.05, 3.63) is 42.5 Å². The molecule has 1 aromatic rings. The first-order valence-electron chi connectivity index (χ1n) is 5.35. The van der Waals surface area contributed by atoms with Crippen LogP contribution in [0.15, 0.2) is 36.9 Å². The molecule has 96 valence electrons. The van der Waals surface area contributed by atoms with Gasteiger partial charge in [0.2, 0.25) is 0 Å². The summed E-state index contributed by atoms with van der Waals surface area (Å²) >= 11 is 0. The summed E-state index contributed by atoms with van der Waals surface area (Å²) in [6, 6.07) is 6.51. The van der Waals surface area contributed by atoms with Gasteiger partial charge in [-0.25, -0.2) is 0 Å². The van der Waals surface area contributed by atoms with Gasteiger partial charge in [-0.1, -0.05) is 12.7 Å². The van der Waals surface area contributed by atoms with Crippen molar-refractivity contribution in [2.75, 3.05) is 20.2 Å². The maximum absolute atomic E-state index is 11.8. The van der Waals surface area contributed by atoms with Crippen LogP contribution < -0.4 is 4.74 Å². The molecule has 0 aliphatic rings. The van der Waals surface area contributed by atoms with Crippen LogP contribution in [0.1, 0.15) is 10.4 Å². The van der Waals surface area contributed by atoms with Gasteiger partial charge in [-0.15, -0.1) is 0 Å². The van der Waals surface area contributed by atoms with E-state index >= 15 is 0 Å². The standard InChI is InChI=1S/C13H15NO4/c1-3-8-18-11-6-4-10(5-7-11)13(17)14(2)9-12(15)16/h3-7H,1,8-9H2,2H3,(H,15,16). The third-order valence-electron chi connectivity index (χ3n) is 2.19. The van der Waals surface area contributed by atoms with Gasteiger partial charge in [0.25, 0.3) is 5.91 Å². The van der Waals surface area contributed by atoms with Gasteiger partial charge in [0.15, 0.2) is 0 Å². The number of hydrogen-bond acceptors (Lipinski definition) is 3. The monoisotopic (exact) mass is 249 g/mol. The summed E-state index contributed by atoms with van der Waals surface area (Å²) < 4.78 is 5.28. The lowest BCUT2D eigenvalue weighted by Crippen LogP contribution is -2.31. The van der Waals surface area contributed by atoms with E-state index < -0.39 is 5.97 Å². The Morgan fingerprint density at radius 3 is 2.50 bits per heavy atom. The van der Waals surface area contributed by atoms with Gasteiger partial charge in [0.1, 0.15) is 18.9 Å². The fourth-order valence-corrected chi connectivity index (χ4v) is 1.34. The van der Waals surface area contributed by atoms with E-state index in [9.17, 15) is 9.59 Å². The minimum atomic E-state index is -1.04. The zero-order valence-corrected chi connectivity index (χ0v) is 10.1. The number of benzene rings is 1. The molecule has 1 amide bonds. The highest BCUT2D eigenvalue weighted by atomic mass is 16.5. The van der Waals surface area contributed by atoms with Crippen LogP contribution in [-0.2, 0) is 4.79 Å². The lowest BCUT2D eigenvalue weighted by molar-refractivity contribution is -0.137. The van der Waals surface area contributed by atoms with Crippen LogP contribution >= 0.6 is 0 Å². The van der Waals surface area contributed by atoms with E-state index in [0.717, 1.165) is 4.90 Å². The molecule has 5 heteroatoms. The minimum absolute atomic E-state index is 0.326. The largest absolute Gasteiger partial charge is 0.490 e. The Kier molecular flexibility index (Phi) is 4.92. The number of ether oxygens (including phenoxy) is 1. The fourth-order valence-electron chi connectivity index (χ4n) is 1.34. The Balaban J connectivity index is 2.69. The number of carboxylic acids is 1. The molecule has 0 heterocycles. The summed E-state index contributed by atoms with van der Waals surface area (Å²) in [6.07, 6.45) is 1.62. The molecule has 1 N–H and O–H groups in total. The predicted molar refractivity (Wildman–Crippen MR) is 66.7 cm³/mol. The van der Waals surface area contributed by atoms with Crippen LogP contribution in [0.5, 0.6) is 5.75 Å². The topological polar surface area (TPSA) is 66.8 Å². The second kappa shape index (κ2) is 6.44. The molecular formula is C13H15NO4. The SMILES string of the molecule is C=CCOc1ccc(C(=O)N(C)CC(=O)O)cc1. The van der Waals surface area contributed by atoms with Crippen LogP contribution in [0.3, 0.4) is 0 Å². The third kappa shape index (κ3) is 3.93. The first-order valence-corrected chi connectivity index (χ1v) is 5.35. The molecule has 18 heavy (non-hydrogen) atoms. The van der Waals surface area contributed by atoms with Gasteiger partial charge in [-0.05, 0) is 24.3 Å². The maximum atomic E-state index is 11.8. The quantitative estimate of drug-likeness (QED) is 0.774. The van der Waals surface area contributed by atoms with Crippen LogP contribution in [0.2, 0.25) is 0 Å². The van der Waals surface area contributed by atoms with Gasteiger partial charge >= 0.3 is 5.97 Å². The zero-order chi connectivity index (χ0) is 13.5. The van der Waals surface area contributed by atoms with Crippen molar-refractivity contribution < 1.29 is 19.4 Å². The van der Waals surface area contributed by atoms with Crippen molar-refractivity contribution in [1.82, 2.24) is 4.90 Å². The van der Waals surface area contributed by atoms with E-state index in [0.29, 0.717) is 17.9 Å². The molecule has 0 saturated heterocycles. The van der Waals surface area contributed by atoms with Gasteiger partial charge < -0.3 is 14.7 Å². The Labute approximate surface area is 105 Å². The first-order chi connectivity index (χ1) is 8.54. The smallest absolute Gasteiger partial charge is 0.323 e. The molecule has 0 aliphatic carbocycles. The molecule has 1 aromatic carbocycles. The highest BCUT2D eigenvalue weighted by Crippen LogP contribution is 2.13.